The molecule has 0 spiro atoms. The molecule has 0 saturated carbocycles. The maximum atomic E-state index is 9.55. The highest BCUT2D eigenvalue weighted by atomic mass is 32.1. The fourth-order valence-corrected chi connectivity index (χ4v) is 1.99. The lowest BCUT2D eigenvalue weighted by atomic mass is 9.99. The molecule has 7 heteroatoms. The number of hydrogen-bond donors (Lipinski definition) is 2. The number of ether oxygens (including phenoxy) is 1. The van der Waals surface area contributed by atoms with Gasteiger partial charge in [-0.1, -0.05) is 26.7 Å². The summed E-state index contributed by atoms with van der Waals surface area (Å²) in [5.41, 5.74) is 0. The highest BCUT2D eigenvalue weighted by molar-refractivity contribution is 7.80. The van der Waals surface area contributed by atoms with Gasteiger partial charge in [-0.15, -0.1) is 0 Å². The van der Waals surface area contributed by atoms with Gasteiger partial charge in [0, 0.05) is 24.6 Å². The average molecular weight is 347 g/mol. The first-order chi connectivity index (χ1) is 10.7. The number of carboxylic acid groups (broad SMARTS) is 2. The fraction of sp³-hybridized carbons (Fsp3) is 0.688. The zero-order valence-electron chi connectivity index (χ0n) is 14.4. The van der Waals surface area contributed by atoms with Crippen LogP contribution in [0.4, 0.5) is 0 Å². The highest BCUT2D eigenvalue weighted by Gasteiger charge is 2.13. The molecule has 0 heterocycles. The molecule has 0 atom stereocenters. The molecule has 2 N–H and O–H groups in total. The standard InChI is InChI=1S/C12H25NOS.C4H4O4/c1-5-7-11(8-6-2)12(15)14-10-9-13(3)4;5-3(6)1-2-4(7)8/h11H,5-10H2,1-4H3;1-2H,(H,5,6)(H,7,8)/b;2-1+. The van der Waals surface area contributed by atoms with Crippen LogP contribution < -0.4 is 0 Å². The summed E-state index contributed by atoms with van der Waals surface area (Å²) in [5, 5.41) is 16.4. The van der Waals surface area contributed by atoms with Gasteiger partial charge >= 0.3 is 11.9 Å². The van der Waals surface area contributed by atoms with Crippen molar-refractivity contribution in [3.8, 4) is 0 Å². The number of rotatable bonds is 10. The second kappa shape index (κ2) is 15.4. The lowest BCUT2D eigenvalue weighted by molar-refractivity contribution is -0.134. The molecule has 0 unspecified atom stereocenters. The van der Waals surface area contributed by atoms with E-state index in [1.54, 1.807) is 0 Å². The van der Waals surface area contributed by atoms with Crippen molar-refractivity contribution in [3.05, 3.63) is 12.2 Å². The second-order valence-electron chi connectivity index (χ2n) is 5.25. The Labute approximate surface area is 144 Å². The van der Waals surface area contributed by atoms with E-state index in [0.29, 0.717) is 18.1 Å². The molecule has 0 bridgehead atoms. The first-order valence-corrected chi connectivity index (χ1v) is 8.10. The Hall–Kier alpha value is -1.47. The van der Waals surface area contributed by atoms with E-state index in [1.165, 1.54) is 12.8 Å². The first-order valence-electron chi connectivity index (χ1n) is 7.69. The third-order valence-electron chi connectivity index (χ3n) is 2.76. The van der Waals surface area contributed by atoms with Crippen LogP contribution in [-0.4, -0.2) is 59.3 Å². The topological polar surface area (TPSA) is 87.1 Å². The minimum absolute atomic E-state index is 0.483. The van der Waals surface area contributed by atoms with Crippen LogP contribution in [0.15, 0.2) is 12.2 Å². The van der Waals surface area contributed by atoms with Crippen LogP contribution in [0, 0.1) is 5.92 Å². The molecule has 0 aromatic rings. The van der Waals surface area contributed by atoms with Gasteiger partial charge in [-0.2, -0.15) is 0 Å². The van der Waals surface area contributed by atoms with Crippen LogP contribution in [-0.2, 0) is 14.3 Å². The van der Waals surface area contributed by atoms with Gasteiger partial charge in [0.25, 0.3) is 0 Å². The Morgan fingerprint density at radius 1 is 1.09 bits per heavy atom. The van der Waals surface area contributed by atoms with Gasteiger partial charge in [0.1, 0.15) is 6.61 Å². The van der Waals surface area contributed by atoms with E-state index in [4.69, 9.17) is 27.2 Å². The van der Waals surface area contributed by atoms with E-state index in [-0.39, 0.29) is 0 Å². The summed E-state index contributed by atoms with van der Waals surface area (Å²) in [6, 6.07) is 0. The van der Waals surface area contributed by atoms with Crippen LogP contribution in [0.25, 0.3) is 0 Å². The Balaban J connectivity index is 0. The summed E-state index contributed by atoms with van der Waals surface area (Å²) in [6.45, 7) is 6.05. The first kappa shape index (κ1) is 23.8. The zero-order valence-corrected chi connectivity index (χ0v) is 15.3. The second-order valence-corrected chi connectivity index (χ2v) is 5.66. The fourth-order valence-electron chi connectivity index (χ4n) is 1.67. The predicted molar refractivity (Wildman–Crippen MR) is 94.8 cm³/mol. The largest absolute Gasteiger partial charge is 0.485 e. The number of hydrogen-bond acceptors (Lipinski definition) is 5. The van der Waals surface area contributed by atoms with Crippen LogP contribution in [0.3, 0.4) is 0 Å². The number of thiocarbonyl (C=S) groups is 1. The van der Waals surface area contributed by atoms with Gasteiger partial charge in [0.05, 0.1) is 0 Å². The summed E-state index contributed by atoms with van der Waals surface area (Å²) >= 11 is 5.32. The molecule has 134 valence electrons. The maximum Gasteiger partial charge on any atom is 0.328 e. The van der Waals surface area contributed by atoms with Gasteiger partial charge in [-0.05, 0) is 39.2 Å². The van der Waals surface area contributed by atoms with Gasteiger partial charge in [-0.25, -0.2) is 9.59 Å². The smallest absolute Gasteiger partial charge is 0.328 e. The van der Waals surface area contributed by atoms with Crippen LogP contribution in [0.2, 0.25) is 0 Å². The van der Waals surface area contributed by atoms with Crippen LogP contribution >= 0.6 is 12.2 Å². The molecule has 0 amide bonds. The molecule has 0 aromatic heterocycles. The van der Waals surface area contributed by atoms with Crippen molar-refractivity contribution in [2.45, 2.75) is 39.5 Å². The van der Waals surface area contributed by atoms with Gasteiger partial charge in [-0.3, -0.25) is 0 Å². The molecule has 0 fully saturated rings. The summed E-state index contributed by atoms with van der Waals surface area (Å²) in [4.78, 5) is 21.2. The number of carboxylic acids is 2. The van der Waals surface area contributed by atoms with E-state index in [2.05, 4.69) is 18.7 Å². The molecule has 0 saturated heterocycles. The SMILES string of the molecule is CCCC(CCC)C(=S)OCCN(C)C.O=C(O)/C=C/C(=O)O. The molecule has 0 aromatic carbocycles. The minimum Gasteiger partial charge on any atom is -0.485 e. The summed E-state index contributed by atoms with van der Waals surface area (Å²) in [5.74, 6) is -2.03. The molecule has 23 heavy (non-hydrogen) atoms. The van der Waals surface area contributed by atoms with Crippen molar-refractivity contribution in [3.63, 3.8) is 0 Å². The molecule has 0 rings (SSSR count). The molecular weight excluding hydrogens is 318 g/mol. The monoisotopic (exact) mass is 347 g/mol. The third-order valence-corrected chi connectivity index (χ3v) is 3.21. The van der Waals surface area contributed by atoms with E-state index in [9.17, 15) is 9.59 Å². The summed E-state index contributed by atoms with van der Waals surface area (Å²) < 4.78 is 5.61. The van der Waals surface area contributed by atoms with Gasteiger partial charge in [0.2, 0.25) is 0 Å². The van der Waals surface area contributed by atoms with Crippen molar-refractivity contribution < 1.29 is 24.5 Å². The predicted octanol–water partition coefficient (Wildman–Crippen LogP) is 2.82. The van der Waals surface area contributed by atoms with Gasteiger partial charge in [0.15, 0.2) is 5.05 Å². The van der Waals surface area contributed by atoms with E-state index < -0.39 is 11.9 Å². The highest BCUT2D eigenvalue weighted by Crippen LogP contribution is 2.16. The number of nitrogens with zero attached hydrogens (tertiary/aromatic N) is 1. The third kappa shape index (κ3) is 18.5. The number of likely N-dealkylation sites (N-methyl/N-ethyl adjacent to an activating group) is 1. The maximum absolute atomic E-state index is 9.55. The molecule has 0 aliphatic heterocycles. The Morgan fingerprint density at radius 3 is 1.83 bits per heavy atom. The summed E-state index contributed by atoms with van der Waals surface area (Å²) in [7, 11) is 4.09. The van der Waals surface area contributed by atoms with E-state index >= 15 is 0 Å². The van der Waals surface area contributed by atoms with Crippen molar-refractivity contribution in [1.82, 2.24) is 4.90 Å². The lowest BCUT2D eigenvalue weighted by Crippen LogP contribution is -2.22. The van der Waals surface area contributed by atoms with Crippen molar-refractivity contribution in [2.24, 2.45) is 5.92 Å². The lowest BCUT2D eigenvalue weighted by Gasteiger charge is -2.18. The number of carbonyl (C=O) groups is 2. The van der Waals surface area contributed by atoms with Gasteiger partial charge < -0.3 is 19.8 Å². The minimum atomic E-state index is -1.26. The summed E-state index contributed by atoms with van der Waals surface area (Å²) in [6.07, 6.45) is 5.80. The van der Waals surface area contributed by atoms with E-state index in [1.807, 2.05) is 14.1 Å². The normalized spacial score (nSPS) is 10.5. The molecular formula is C16H29NO5S. The van der Waals surface area contributed by atoms with Crippen molar-refractivity contribution >= 4 is 29.2 Å². The Morgan fingerprint density at radius 2 is 1.52 bits per heavy atom. The van der Waals surface area contributed by atoms with Crippen LogP contribution in [0.5, 0.6) is 0 Å². The number of aliphatic carboxylic acids is 2. The van der Waals surface area contributed by atoms with Crippen LogP contribution in [0.1, 0.15) is 39.5 Å². The molecule has 6 nitrogen and oxygen atoms in total. The quantitative estimate of drug-likeness (QED) is 0.464. The Bertz CT molecular complexity index is 361. The molecule has 0 radical (unpaired) electrons. The van der Waals surface area contributed by atoms with E-state index in [0.717, 1.165) is 31.0 Å². The van der Waals surface area contributed by atoms with Crippen molar-refractivity contribution in [2.75, 3.05) is 27.2 Å². The zero-order chi connectivity index (χ0) is 18.3. The van der Waals surface area contributed by atoms with Crippen molar-refractivity contribution in [1.29, 1.82) is 0 Å². The average Bonchev–Trinajstić information content (AvgIpc) is 2.45. The Kier molecular flexibility index (Phi) is 16.0. The molecule has 0 aliphatic carbocycles. The molecule has 0 aliphatic rings.